The maximum Gasteiger partial charge on any atom is 0.231 e. The third kappa shape index (κ3) is 7.57. The fraction of sp³-hybridized carbons (Fsp3) is 0.588. The lowest BCUT2D eigenvalue weighted by atomic mass is 10.2. The van der Waals surface area contributed by atoms with Gasteiger partial charge in [-0.15, -0.1) is 24.0 Å². The van der Waals surface area contributed by atoms with Gasteiger partial charge in [-0.05, 0) is 46.5 Å². The van der Waals surface area contributed by atoms with Gasteiger partial charge in [0.25, 0.3) is 0 Å². The maximum absolute atomic E-state index is 5.54. The summed E-state index contributed by atoms with van der Waals surface area (Å²) in [6, 6.07) is 4.00. The van der Waals surface area contributed by atoms with Gasteiger partial charge in [0.15, 0.2) is 17.5 Å². The van der Waals surface area contributed by atoms with Gasteiger partial charge in [-0.1, -0.05) is 13.3 Å². The largest absolute Gasteiger partial charge is 0.454 e. The van der Waals surface area contributed by atoms with E-state index in [1.165, 1.54) is 6.42 Å². The minimum absolute atomic E-state index is 0. The minimum Gasteiger partial charge on any atom is -0.454 e. The van der Waals surface area contributed by atoms with Crippen LogP contribution in [0.25, 0.3) is 0 Å². The maximum atomic E-state index is 5.54. The lowest BCUT2D eigenvalue weighted by molar-refractivity contribution is 0.129. The quantitative estimate of drug-likeness (QED) is 0.222. The predicted molar refractivity (Wildman–Crippen MR) is 114 cm³/mol. The highest BCUT2D eigenvalue weighted by molar-refractivity contribution is 14.0. The van der Waals surface area contributed by atoms with Crippen LogP contribution in [0.4, 0.5) is 0 Å². The molecule has 142 valence electrons. The average Bonchev–Trinajstić information content (AvgIpc) is 3.06. The Morgan fingerprint density at radius 1 is 1.24 bits per heavy atom. The zero-order chi connectivity index (χ0) is 17.2. The molecule has 2 N–H and O–H groups in total. The number of nitrogens with one attached hydrogen (secondary N) is 2. The molecule has 0 aromatic heterocycles. The van der Waals surface area contributed by atoms with Gasteiger partial charge in [0.1, 0.15) is 0 Å². The number of ether oxygens (including phenoxy) is 3. The number of halogens is 2. The molecule has 0 aliphatic carbocycles. The van der Waals surface area contributed by atoms with Gasteiger partial charge < -0.3 is 24.8 Å². The molecule has 0 saturated heterocycles. The number of benzene rings is 1. The average molecular weight is 528 g/mol. The number of guanidine groups is 1. The van der Waals surface area contributed by atoms with Gasteiger partial charge in [-0.25, -0.2) is 0 Å². The first-order valence-corrected chi connectivity index (χ1v) is 9.14. The van der Waals surface area contributed by atoms with Crippen LogP contribution in [0.2, 0.25) is 0 Å². The van der Waals surface area contributed by atoms with E-state index in [2.05, 4.69) is 38.5 Å². The molecule has 0 radical (unpaired) electrons. The Kier molecular flexibility index (Phi) is 11.2. The highest BCUT2D eigenvalue weighted by Gasteiger charge is 2.17. The summed E-state index contributed by atoms with van der Waals surface area (Å²) >= 11 is 3.51. The summed E-state index contributed by atoms with van der Waals surface area (Å²) in [6.45, 7) is 5.55. The van der Waals surface area contributed by atoms with Crippen LogP contribution in [-0.4, -0.2) is 39.6 Å². The van der Waals surface area contributed by atoms with Crippen LogP contribution in [0.15, 0.2) is 21.6 Å². The summed E-state index contributed by atoms with van der Waals surface area (Å²) in [5, 5.41) is 6.58. The first kappa shape index (κ1) is 22.3. The van der Waals surface area contributed by atoms with Gasteiger partial charge in [-0.2, -0.15) is 0 Å². The van der Waals surface area contributed by atoms with Crippen LogP contribution in [0.1, 0.15) is 31.7 Å². The molecule has 2 rings (SSSR count). The van der Waals surface area contributed by atoms with Crippen molar-refractivity contribution in [3.63, 3.8) is 0 Å². The zero-order valence-corrected chi connectivity index (χ0v) is 18.7. The van der Waals surface area contributed by atoms with Crippen LogP contribution < -0.4 is 20.1 Å². The number of nitrogens with zero attached hydrogens (tertiary/aromatic N) is 1. The molecule has 1 aliphatic heterocycles. The van der Waals surface area contributed by atoms with E-state index in [1.807, 2.05) is 12.1 Å². The standard InChI is InChI=1S/C17H26BrN3O3.HI/c1-3-4-7-22-8-5-6-20-17(19-2)21-11-13-9-14(18)16-15(10-13)23-12-24-16;/h9-10H,3-8,11-12H2,1-2H3,(H2,19,20,21);1H. The molecule has 0 atom stereocenters. The SMILES string of the molecule is CCCCOCCCNC(=NC)NCc1cc(Br)c2c(c1)OCO2.I. The second kappa shape index (κ2) is 12.6. The van der Waals surface area contributed by atoms with Gasteiger partial charge in [0.05, 0.1) is 4.47 Å². The fourth-order valence-electron chi connectivity index (χ4n) is 2.26. The van der Waals surface area contributed by atoms with E-state index < -0.39 is 0 Å². The van der Waals surface area contributed by atoms with E-state index >= 15 is 0 Å². The van der Waals surface area contributed by atoms with Crippen molar-refractivity contribution in [2.75, 3.05) is 33.6 Å². The molecule has 0 saturated carbocycles. The van der Waals surface area contributed by atoms with Crippen molar-refractivity contribution in [2.24, 2.45) is 4.99 Å². The summed E-state index contributed by atoms with van der Waals surface area (Å²) in [5.74, 6) is 2.31. The summed E-state index contributed by atoms with van der Waals surface area (Å²) in [4.78, 5) is 4.23. The van der Waals surface area contributed by atoms with E-state index in [1.54, 1.807) is 7.05 Å². The minimum atomic E-state index is 0. The number of aliphatic imine (C=N–C) groups is 1. The molecule has 1 aromatic carbocycles. The van der Waals surface area contributed by atoms with Crippen molar-refractivity contribution in [1.29, 1.82) is 0 Å². The molecule has 0 spiro atoms. The molecule has 1 aromatic rings. The van der Waals surface area contributed by atoms with Gasteiger partial charge in [0, 0.05) is 33.4 Å². The van der Waals surface area contributed by atoms with Crippen LogP contribution in [0.5, 0.6) is 11.5 Å². The van der Waals surface area contributed by atoms with Crippen LogP contribution in [-0.2, 0) is 11.3 Å². The molecule has 0 unspecified atom stereocenters. The smallest absolute Gasteiger partial charge is 0.231 e. The van der Waals surface area contributed by atoms with Crippen LogP contribution >= 0.6 is 39.9 Å². The lowest BCUT2D eigenvalue weighted by Gasteiger charge is -2.12. The molecule has 25 heavy (non-hydrogen) atoms. The Bertz CT molecular complexity index is 558. The number of rotatable bonds is 9. The molecule has 1 aliphatic rings. The predicted octanol–water partition coefficient (Wildman–Crippen LogP) is 3.67. The fourth-order valence-corrected chi connectivity index (χ4v) is 2.86. The molecule has 0 fully saturated rings. The van der Waals surface area contributed by atoms with Crippen molar-refractivity contribution in [1.82, 2.24) is 10.6 Å². The van der Waals surface area contributed by atoms with Crippen molar-refractivity contribution >= 4 is 45.9 Å². The number of hydrogen-bond acceptors (Lipinski definition) is 4. The van der Waals surface area contributed by atoms with Crippen molar-refractivity contribution < 1.29 is 14.2 Å². The van der Waals surface area contributed by atoms with E-state index in [0.29, 0.717) is 6.54 Å². The number of fused-ring (bicyclic) bond motifs is 1. The Labute approximate surface area is 175 Å². The van der Waals surface area contributed by atoms with Crippen LogP contribution in [0, 0.1) is 0 Å². The monoisotopic (exact) mass is 527 g/mol. The number of unbranched alkanes of at least 4 members (excludes halogenated alkanes) is 1. The highest BCUT2D eigenvalue weighted by atomic mass is 127. The topological polar surface area (TPSA) is 64.1 Å². The second-order valence-corrected chi connectivity index (χ2v) is 6.34. The zero-order valence-electron chi connectivity index (χ0n) is 14.8. The molecular weight excluding hydrogens is 501 g/mol. The molecule has 6 nitrogen and oxygen atoms in total. The highest BCUT2D eigenvalue weighted by Crippen LogP contribution is 2.39. The lowest BCUT2D eigenvalue weighted by Crippen LogP contribution is -2.37. The van der Waals surface area contributed by atoms with E-state index in [4.69, 9.17) is 14.2 Å². The van der Waals surface area contributed by atoms with Crippen molar-refractivity contribution in [2.45, 2.75) is 32.7 Å². The summed E-state index contributed by atoms with van der Waals surface area (Å²) in [7, 11) is 1.77. The Morgan fingerprint density at radius 3 is 2.80 bits per heavy atom. The first-order chi connectivity index (χ1) is 11.7. The van der Waals surface area contributed by atoms with Gasteiger partial charge >= 0.3 is 0 Å². The normalized spacial score (nSPS) is 12.7. The third-order valence-corrected chi connectivity index (χ3v) is 4.16. The van der Waals surface area contributed by atoms with Gasteiger partial charge in [-0.3, -0.25) is 4.99 Å². The summed E-state index contributed by atoms with van der Waals surface area (Å²) < 4.78 is 17.3. The molecule has 0 amide bonds. The van der Waals surface area contributed by atoms with E-state index in [-0.39, 0.29) is 30.8 Å². The first-order valence-electron chi connectivity index (χ1n) is 8.35. The van der Waals surface area contributed by atoms with E-state index in [9.17, 15) is 0 Å². The Morgan fingerprint density at radius 2 is 2.04 bits per heavy atom. The van der Waals surface area contributed by atoms with Crippen molar-refractivity contribution in [3.05, 3.63) is 22.2 Å². The Hall–Kier alpha value is -0.740. The molecule has 1 heterocycles. The molecule has 8 heteroatoms. The summed E-state index contributed by atoms with van der Waals surface area (Å²) in [6.07, 6.45) is 3.26. The van der Waals surface area contributed by atoms with Crippen molar-refractivity contribution in [3.8, 4) is 11.5 Å². The molecular formula is C17H27BrIN3O3. The van der Waals surface area contributed by atoms with Crippen LogP contribution in [0.3, 0.4) is 0 Å². The summed E-state index contributed by atoms with van der Waals surface area (Å²) in [5.41, 5.74) is 1.09. The second-order valence-electron chi connectivity index (χ2n) is 5.48. The van der Waals surface area contributed by atoms with Gasteiger partial charge in [0.2, 0.25) is 6.79 Å². The molecule has 0 bridgehead atoms. The third-order valence-electron chi connectivity index (χ3n) is 3.57. The Balaban J connectivity index is 0.00000312. The number of hydrogen-bond donors (Lipinski definition) is 2. The van der Waals surface area contributed by atoms with E-state index in [0.717, 1.165) is 60.1 Å².